The molecule has 0 aliphatic heterocycles. The molecular weight excluding hydrogens is 300 g/mol. The maximum absolute atomic E-state index is 12.2. The fourth-order valence-corrected chi connectivity index (χ4v) is 2.56. The molecule has 0 radical (unpaired) electrons. The van der Waals surface area contributed by atoms with Crippen molar-refractivity contribution in [3.05, 3.63) is 76.6 Å². The Morgan fingerprint density at radius 2 is 1.67 bits per heavy atom. The summed E-state index contributed by atoms with van der Waals surface area (Å²) in [7, 11) is 0. The van der Waals surface area contributed by atoms with Gasteiger partial charge in [-0.05, 0) is 49.6 Å². The minimum atomic E-state index is -0.230. The third-order valence-corrected chi connectivity index (χ3v) is 3.77. The minimum Gasteiger partial charge on any atom is -0.347 e. The van der Waals surface area contributed by atoms with E-state index in [0.717, 1.165) is 22.4 Å². The van der Waals surface area contributed by atoms with E-state index in [1.165, 1.54) is 5.56 Å². The van der Waals surface area contributed by atoms with Crippen molar-refractivity contribution < 1.29 is 4.79 Å². The highest BCUT2D eigenvalue weighted by atomic mass is 16.2. The third-order valence-electron chi connectivity index (χ3n) is 3.77. The van der Waals surface area contributed by atoms with Crippen molar-refractivity contribution in [2.75, 3.05) is 0 Å². The quantitative estimate of drug-likeness (QED) is 0.803. The van der Waals surface area contributed by atoms with Gasteiger partial charge >= 0.3 is 0 Å². The lowest BCUT2D eigenvalue weighted by molar-refractivity contribution is 0.0946. The topological polar surface area (TPSA) is 59.8 Å². The third kappa shape index (κ3) is 3.68. The summed E-state index contributed by atoms with van der Waals surface area (Å²) in [4.78, 5) is 12.2. The fraction of sp³-hybridized carbons (Fsp3) is 0.211. The average Bonchev–Trinajstić information content (AvgIpc) is 3.03. The summed E-state index contributed by atoms with van der Waals surface area (Å²) in [5.41, 5.74) is 5.74. The van der Waals surface area contributed by atoms with Gasteiger partial charge < -0.3 is 5.32 Å². The van der Waals surface area contributed by atoms with Crippen LogP contribution >= 0.6 is 0 Å². The molecule has 0 aliphatic carbocycles. The Hall–Kier alpha value is -2.95. The molecule has 5 nitrogen and oxygen atoms in total. The number of amides is 1. The molecule has 0 atom stereocenters. The van der Waals surface area contributed by atoms with Gasteiger partial charge in [-0.2, -0.15) is 0 Å². The average molecular weight is 320 g/mol. The molecule has 1 heterocycles. The zero-order chi connectivity index (χ0) is 17.1. The predicted octanol–water partition coefficient (Wildman–Crippen LogP) is 3.12. The van der Waals surface area contributed by atoms with E-state index in [1.54, 1.807) is 10.9 Å². The van der Waals surface area contributed by atoms with Gasteiger partial charge in [0.15, 0.2) is 5.69 Å². The van der Waals surface area contributed by atoms with Gasteiger partial charge in [0.05, 0.1) is 11.9 Å². The molecule has 3 rings (SSSR count). The standard InChI is InChI=1S/C19H20N4O/c1-13-4-6-16(7-5-13)11-20-19(24)18-12-23(22-21-18)17-9-14(2)8-15(3)10-17/h4-10,12H,11H2,1-3H3,(H,20,24). The van der Waals surface area contributed by atoms with Crippen molar-refractivity contribution in [2.45, 2.75) is 27.3 Å². The summed E-state index contributed by atoms with van der Waals surface area (Å²) in [6.45, 7) is 6.56. The molecule has 0 bridgehead atoms. The molecule has 0 spiro atoms. The van der Waals surface area contributed by atoms with Crippen molar-refractivity contribution in [3.8, 4) is 5.69 Å². The molecule has 0 unspecified atom stereocenters. The molecule has 1 aromatic heterocycles. The van der Waals surface area contributed by atoms with E-state index in [4.69, 9.17) is 0 Å². The summed E-state index contributed by atoms with van der Waals surface area (Å²) >= 11 is 0. The van der Waals surface area contributed by atoms with Crippen LogP contribution in [0.2, 0.25) is 0 Å². The van der Waals surface area contributed by atoms with Gasteiger partial charge in [-0.3, -0.25) is 4.79 Å². The number of carbonyl (C=O) groups excluding carboxylic acids is 1. The monoisotopic (exact) mass is 320 g/mol. The van der Waals surface area contributed by atoms with Crippen LogP contribution in [0.4, 0.5) is 0 Å². The molecule has 0 saturated carbocycles. The molecule has 122 valence electrons. The predicted molar refractivity (Wildman–Crippen MR) is 93.2 cm³/mol. The van der Waals surface area contributed by atoms with E-state index in [9.17, 15) is 4.79 Å². The normalized spacial score (nSPS) is 10.6. The van der Waals surface area contributed by atoms with Crippen LogP contribution in [0.1, 0.15) is 32.7 Å². The molecule has 5 heteroatoms. The van der Waals surface area contributed by atoms with E-state index in [0.29, 0.717) is 12.2 Å². The Labute approximate surface area is 141 Å². The molecule has 3 aromatic rings. The van der Waals surface area contributed by atoms with Gasteiger partial charge in [-0.15, -0.1) is 5.10 Å². The van der Waals surface area contributed by atoms with Crippen LogP contribution in [0.25, 0.3) is 5.69 Å². The van der Waals surface area contributed by atoms with Crippen LogP contribution in [-0.4, -0.2) is 20.9 Å². The van der Waals surface area contributed by atoms with E-state index < -0.39 is 0 Å². The van der Waals surface area contributed by atoms with E-state index >= 15 is 0 Å². The highest BCUT2D eigenvalue weighted by molar-refractivity contribution is 5.91. The molecule has 2 aromatic carbocycles. The van der Waals surface area contributed by atoms with Gasteiger partial charge in [0, 0.05) is 6.54 Å². The largest absolute Gasteiger partial charge is 0.347 e. The zero-order valence-corrected chi connectivity index (χ0v) is 14.1. The highest BCUT2D eigenvalue weighted by Gasteiger charge is 2.11. The van der Waals surface area contributed by atoms with Gasteiger partial charge in [0.25, 0.3) is 5.91 Å². The highest BCUT2D eigenvalue weighted by Crippen LogP contribution is 2.13. The number of hydrogen-bond donors (Lipinski definition) is 1. The van der Waals surface area contributed by atoms with E-state index in [1.807, 2.05) is 57.2 Å². The lowest BCUT2D eigenvalue weighted by Gasteiger charge is -2.04. The molecule has 0 saturated heterocycles. The number of aromatic nitrogens is 3. The van der Waals surface area contributed by atoms with Crippen molar-refractivity contribution in [1.82, 2.24) is 20.3 Å². The van der Waals surface area contributed by atoms with E-state index in [2.05, 4.69) is 21.7 Å². The van der Waals surface area contributed by atoms with Gasteiger partial charge in [-0.1, -0.05) is 41.1 Å². The second-order valence-electron chi connectivity index (χ2n) is 6.06. The summed E-state index contributed by atoms with van der Waals surface area (Å²) < 4.78 is 1.63. The first-order valence-electron chi connectivity index (χ1n) is 7.86. The first-order valence-corrected chi connectivity index (χ1v) is 7.86. The molecule has 0 fully saturated rings. The van der Waals surface area contributed by atoms with Crippen molar-refractivity contribution in [1.29, 1.82) is 0 Å². The van der Waals surface area contributed by atoms with Crippen LogP contribution in [0.5, 0.6) is 0 Å². The number of aryl methyl sites for hydroxylation is 3. The smallest absolute Gasteiger partial charge is 0.273 e. The summed E-state index contributed by atoms with van der Waals surface area (Å²) in [6, 6.07) is 14.2. The molecule has 0 aliphatic rings. The Morgan fingerprint density at radius 1 is 1.00 bits per heavy atom. The van der Waals surface area contributed by atoms with Crippen molar-refractivity contribution in [2.24, 2.45) is 0 Å². The number of benzene rings is 2. The van der Waals surface area contributed by atoms with Crippen LogP contribution < -0.4 is 5.32 Å². The molecule has 1 amide bonds. The maximum atomic E-state index is 12.2. The Morgan fingerprint density at radius 3 is 2.33 bits per heavy atom. The minimum absolute atomic E-state index is 0.230. The first kappa shape index (κ1) is 15.9. The van der Waals surface area contributed by atoms with Crippen molar-refractivity contribution >= 4 is 5.91 Å². The summed E-state index contributed by atoms with van der Waals surface area (Å²) in [6.07, 6.45) is 1.65. The Kier molecular flexibility index (Phi) is 4.42. The Bertz CT molecular complexity index is 845. The molecule has 24 heavy (non-hydrogen) atoms. The first-order chi connectivity index (χ1) is 11.5. The molecule has 1 N–H and O–H groups in total. The van der Waals surface area contributed by atoms with Gasteiger partial charge in [0.2, 0.25) is 0 Å². The second kappa shape index (κ2) is 6.66. The molecular formula is C19H20N4O. The SMILES string of the molecule is Cc1ccc(CNC(=O)c2cn(-c3cc(C)cc(C)c3)nn2)cc1. The lowest BCUT2D eigenvalue weighted by atomic mass is 10.1. The van der Waals surface area contributed by atoms with Crippen LogP contribution in [0.3, 0.4) is 0 Å². The number of nitrogens with one attached hydrogen (secondary N) is 1. The van der Waals surface area contributed by atoms with Crippen molar-refractivity contribution in [3.63, 3.8) is 0 Å². The van der Waals surface area contributed by atoms with Crippen LogP contribution in [0.15, 0.2) is 48.7 Å². The van der Waals surface area contributed by atoms with Gasteiger partial charge in [-0.25, -0.2) is 4.68 Å². The summed E-state index contributed by atoms with van der Waals surface area (Å²) in [5, 5.41) is 10.9. The second-order valence-corrected chi connectivity index (χ2v) is 6.06. The number of nitrogens with zero attached hydrogens (tertiary/aromatic N) is 3. The maximum Gasteiger partial charge on any atom is 0.273 e. The number of carbonyl (C=O) groups is 1. The summed E-state index contributed by atoms with van der Waals surface area (Å²) in [5.74, 6) is -0.230. The van der Waals surface area contributed by atoms with E-state index in [-0.39, 0.29) is 5.91 Å². The van der Waals surface area contributed by atoms with Crippen LogP contribution in [-0.2, 0) is 6.54 Å². The Balaban J connectivity index is 1.70. The van der Waals surface area contributed by atoms with Gasteiger partial charge in [0.1, 0.15) is 0 Å². The lowest BCUT2D eigenvalue weighted by Crippen LogP contribution is -2.23. The fourth-order valence-electron chi connectivity index (χ4n) is 2.56. The number of hydrogen-bond acceptors (Lipinski definition) is 3. The van der Waals surface area contributed by atoms with Crippen LogP contribution in [0, 0.1) is 20.8 Å². The number of rotatable bonds is 4. The zero-order valence-electron chi connectivity index (χ0n) is 14.1.